The standard InChI is InChI=1S/C15H14N2S2/c16-10-9-11-5-1-3-7-13(11)18-15-17-12-6-2-4-8-14(12)19-15/h1-8H,9-10,16H2. The van der Waals surface area contributed by atoms with Crippen LogP contribution in [-0.2, 0) is 6.42 Å². The maximum absolute atomic E-state index is 5.66. The quantitative estimate of drug-likeness (QED) is 0.789. The van der Waals surface area contributed by atoms with Crippen molar-refractivity contribution in [2.45, 2.75) is 15.7 Å². The van der Waals surface area contributed by atoms with Gasteiger partial charge in [0.25, 0.3) is 0 Å². The summed E-state index contributed by atoms with van der Waals surface area (Å²) in [6.45, 7) is 0.678. The predicted molar refractivity (Wildman–Crippen MR) is 82.9 cm³/mol. The molecule has 96 valence electrons. The van der Waals surface area contributed by atoms with Gasteiger partial charge in [0.05, 0.1) is 10.2 Å². The van der Waals surface area contributed by atoms with Gasteiger partial charge in [-0.05, 0) is 36.7 Å². The van der Waals surface area contributed by atoms with E-state index >= 15 is 0 Å². The average molecular weight is 286 g/mol. The van der Waals surface area contributed by atoms with Crippen LogP contribution in [0, 0.1) is 0 Å². The predicted octanol–water partition coefficient (Wildman–Crippen LogP) is 3.95. The highest BCUT2D eigenvalue weighted by Crippen LogP contribution is 2.35. The average Bonchev–Trinajstić information content (AvgIpc) is 2.83. The molecule has 4 heteroatoms. The van der Waals surface area contributed by atoms with Gasteiger partial charge >= 0.3 is 0 Å². The molecule has 0 radical (unpaired) electrons. The fourth-order valence-electron chi connectivity index (χ4n) is 1.95. The smallest absolute Gasteiger partial charge is 0.155 e. The van der Waals surface area contributed by atoms with Crippen molar-refractivity contribution in [3.05, 3.63) is 54.1 Å². The van der Waals surface area contributed by atoms with Crippen molar-refractivity contribution < 1.29 is 0 Å². The number of thiazole rings is 1. The molecule has 1 heterocycles. The Labute approximate surface area is 120 Å². The van der Waals surface area contributed by atoms with E-state index in [-0.39, 0.29) is 0 Å². The van der Waals surface area contributed by atoms with Gasteiger partial charge in [0, 0.05) is 4.90 Å². The Bertz CT molecular complexity index is 658. The van der Waals surface area contributed by atoms with Crippen LogP contribution < -0.4 is 5.73 Å². The second-order valence-corrected chi connectivity index (χ2v) is 6.52. The molecule has 0 fully saturated rings. The summed E-state index contributed by atoms with van der Waals surface area (Å²) in [5.41, 5.74) is 8.04. The van der Waals surface area contributed by atoms with E-state index in [0.717, 1.165) is 16.3 Å². The summed E-state index contributed by atoms with van der Waals surface area (Å²) in [6, 6.07) is 16.7. The third-order valence-corrected chi connectivity index (χ3v) is 5.07. The van der Waals surface area contributed by atoms with Crippen molar-refractivity contribution in [3.8, 4) is 0 Å². The normalized spacial score (nSPS) is 11.0. The molecule has 0 aliphatic rings. The molecule has 0 amide bonds. The van der Waals surface area contributed by atoms with E-state index in [1.807, 2.05) is 6.07 Å². The lowest BCUT2D eigenvalue weighted by Gasteiger charge is -2.05. The molecular weight excluding hydrogens is 272 g/mol. The zero-order chi connectivity index (χ0) is 13.1. The van der Waals surface area contributed by atoms with Crippen molar-refractivity contribution in [2.24, 2.45) is 5.73 Å². The molecule has 0 saturated carbocycles. The molecule has 19 heavy (non-hydrogen) atoms. The molecule has 3 aromatic rings. The SMILES string of the molecule is NCCc1ccccc1Sc1nc2ccccc2s1. The van der Waals surface area contributed by atoms with Crippen molar-refractivity contribution in [1.82, 2.24) is 4.98 Å². The number of rotatable bonds is 4. The third-order valence-electron chi connectivity index (χ3n) is 2.86. The Kier molecular flexibility index (Phi) is 3.82. The number of hydrogen-bond acceptors (Lipinski definition) is 4. The molecule has 0 spiro atoms. The van der Waals surface area contributed by atoms with Crippen LogP contribution >= 0.6 is 23.1 Å². The number of hydrogen-bond donors (Lipinski definition) is 1. The van der Waals surface area contributed by atoms with Gasteiger partial charge in [0.1, 0.15) is 0 Å². The summed E-state index contributed by atoms with van der Waals surface area (Å²) in [4.78, 5) is 5.92. The monoisotopic (exact) mass is 286 g/mol. The molecule has 2 aromatic carbocycles. The zero-order valence-corrected chi connectivity index (χ0v) is 12.0. The zero-order valence-electron chi connectivity index (χ0n) is 10.4. The highest BCUT2D eigenvalue weighted by atomic mass is 32.2. The van der Waals surface area contributed by atoms with Crippen molar-refractivity contribution in [2.75, 3.05) is 6.54 Å². The number of fused-ring (bicyclic) bond motifs is 1. The van der Waals surface area contributed by atoms with Gasteiger partial charge in [-0.1, -0.05) is 42.1 Å². The van der Waals surface area contributed by atoms with Gasteiger partial charge in [0.2, 0.25) is 0 Å². The fourth-order valence-corrected chi connectivity index (χ4v) is 4.14. The van der Waals surface area contributed by atoms with Gasteiger partial charge in [-0.15, -0.1) is 11.3 Å². The largest absolute Gasteiger partial charge is 0.330 e. The van der Waals surface area contributed by atoms with Crippen LogP contribution in [0.3, 0.4) is 0 Å². The second kappa shape index (κ2) is 5.74. The lowest BCUT2D eigenvalue weighted by atomic mass is 10.1. The van der Waals surface area contributed by atoms with Gasteiger partial charge in [-0.2, -0.15) is 0 Å². The van der Waals surface area contributed by atoms with Gasteiger partial charge < -0.3 is 5.73 Å². The van der Waals surface area contributed by atoms with E-state index in [4.69, 9.17) is 5.73 Å². The van der Waals surface area contributed by atoms with E-state index in [2.05, 4.69) is 47.4 Å². The second-order valence-electron chi connectivity index (χ2n) is 4.20. The lowest BCUT2D eigenvalue weighted by Crippen LogP contribution is -2.03. The lowest BCUT2D eigenvalue weighted by molar-refractivity contribution is 0.944. The summed E-state index contributed by atoms with van der Waals surface area (Å²) in [6.07, 6.45) is 0.911. The molecule has 1 aromatic heterocycles. The molecule has 0 aliphatic carbocycles. The van der Waals surface area contributed by atoms with Crippen LogP contribution in [0.2, 0.25) is 0 Å². The van der Waals surface area contributed by atoms with Gasteiger partial charge in [-0.3, -0.25) is 0 Å². The highest BCUT2D eigenvalue weighted by Gasteiger charge is 2.07. The first-order valence-electron chi connectivity index (χ1n) is 6.18. The molecule has 3 rings (SSSR count). The van der Waals surface area contributed by atoms with Crippen molar-refractivity contribution in [1.29, 1.82) is 0 Å². The summed E-state index contributed by atoms with van der Waals surface area (Å²) in [5.74, 6) is 0. The summed E-state index contributed by atoms with van der Waals surface area (Å²) >= 11 is 3.47. The first-order valence-corrected chi connectivity index (χ1v) is 7.81. The van der Waals surface area contributed by atoms with E-state index < -0.39 is 0 Å². The van der Waals surface area contributed by atoms with E-state index in [1.165, 1.54) is 15.2 Å². The minimum Gasteiger partial charge on any atom is -0.330 e. The molecule has 0 unspecified atom stereocenters. The van der Waals surface area contributed by atoms with Crippen LogP contribution in [0.1, 0.15) is 5.56 Å². The molecule has 0 atom stereocenters. The summed E-state index contributed by atoms with van der Waals surface area (Å²) in [5, 5.41) is 0. The van der Waals surface area contributed by atoms with E-state index in [1.54, 1.807) is 23.1 Å². The minimum atomic E-state index is 0.678. The number of nitrogens with zero attached hydrogens (tertiary/aromatic N) is 1. The highest BCUT2D eigenvalue weighted by molar-refractivity contribution is 8.01. The summed E-state index contributed by atoms with van der Waals surface area (Å²) in [7, 11) is 0. The van der Waals surface area contributed by atoms with Crippen LogP contribution in [0.25, 0.3) is 10.2 Å². The molecule has 2 nitrogen and oxygen atoms in total. The van der Waals surface area contributed by atoms with Crippen molar-refractivity contribution >= 4 is 33.3 Å². The van der Waals surface area contributed by atoms with Crippen LogP contribution in [0.5, 0.6) is 0 Å². The van der Waals surface area contributed by atoms with Gasteiger partial charge in [-0.25, -0.2) is 4.98 Å². The van der Waals surface area contributed by atoms with Crippen LogP contribution in [0.15, 0.2) is 57.8 Å². The Hall–Kier alpha value is -1.36. The van der Waals surface area contributed by atoms with E-state index in [9.17, 15) is 0 Å². The molecule has 0 saturated heterocycles. The maximum atomic E-state index is 5.66. The van der Waals surface area contributed by atoms with Crippen LogP contribution in [-0.4, -0.2) is 11.5 Å². The first-order chi connectivity index (χ1) is 9.36. The number of nitrogens with two attached hydrogens (primary N) is 1. The molecule has 0 aliphatic heterocycles. The molecule has 2 N–H and O–H groups in total. The summed E-state index contributed by atoms with van der Waals surface area (Å²) < 4.78 is 2.33. The van der Waals surface area contributed by atoms with Gasteiger partial charge in [0.15, 0.2) is 4.34 Å². The Morgan fingerprint density at radius 1 is 1.05 bits per heavy atom. The van der Waals surface area contributed by atoms with E-state index in [0.29, 0.717) is 6.54 Å². The minimum absolute atomic E-state index is 0.678. The number of para-hydroxylation sites is 1. The van der Waals surface area contributed by atoms with Crippen LogP contribution in [0.4, 0.5) is 0 Å². The maximum Gasteiger partial charge on any atom is 0.155 e. The topological polar surface area (TPSA) is 38.9 Å². The first kappa shape index (κ1) is 12.7. The Morgan fingerprint density at radius 3 is 2.68 bits per heavy atom. The van der Waals surface area contributed by atoms with Crippen molar-refractivity contribution in [3.63, 3.8) is 0 Å². The Balaban J connectivity index is 1.92. The fraction of sp³-hybridized carbons (Fsp3) is 0.133. The third kappa shape index (κ3) is 2.81. The molecule has 0 bridgehead atoms. The Morgan fingerprint density at radius 2 is 1.84 bits per heavy atom. The number of aromatic nitrogens is 1. The number of benzene rings is 2. The molecular formula is C15H14N2S2.